The Morgan fingerprint density at radius 1 is 1.06 bits per heavy atom. The molecule has 0 saturated carbocycles. The van der Waals surface area contributed by atoms with E-state index in [-0.39, 0.29) is 23.8 Å². The van der Waals surface area contributed by atoms with Crippen molar-refractivity contribution >= 4 is 17.7 Å². The molecule has 2 saturated heterocycles. The lowest BCUT2D eigenvalue weighted by atomic mass is 9.85. The minimum Gasteiger partial charge on any atom is -0.344 e. The molecular weight excluding hydrogens is 404 g/mol. The van der Waals surface area contributed by atoms with Gasteiger partial charge in [0.05, 0.1) is 6.04 Å². The quantitative estimate of drug-likeness (QED) is 0.608. The normalized spacial score (nSPS) is 21.8. The standard InChI is InChI=1S/C25H44N4O3/c1-19(23(31)29-17-9-7-10-18-29)13-12-16-28(6)24(32)21(25(2,3)4)26-22(30)20-14-8-11-15-27(20)5/h13,20-21H,7-12,14-18H2,1-6H3,(H,26,30)/b19-13+. The van der Waals surface area contributed by atoms with Crippen molar-refractivity contribution in [1.29, 1.82) is 0 Å². The third-order valence-electron chi connectivity index (χ3n) is 6.74. The van der Waals surface area contributed by atoms with E-state index in [4.69, 9.17) is 0 Å². The van der Waals surface area contributed by atoms with Crippen LogP contribution in [0.15, 0.2) is 11.6 Å². The van der Waals surface area contributed by atoms with Gasteiger partial charge in [0.25, 0.3) is 0 Å². The second-order valence-corrected chi connectivity index (χ2v) is 10.6. The molecule has 0 aromatic carbocycles. The second kappa shape index (κ2) is 11.8. The summed E-state index contributed by atoms with van der Waals surface area (Å²) >= 11 is 0. The van der Waals surface area contributed by atoms with Gasteiger partial charge in [-0.05, 0) is 64.5 Å². The van der Waals surface area contributed by atoms with Crippen LogP contribution in [0.1, 0.15) is 72.6 Å². The summed E-state index contributed by atoms with van der Waals surface area (Å²) in [6.45, 7) is 10.9. The molecule has 2 fully saturated rings. The van der Waals surface area contributed by atoms with Crippen LogP contribution in [0, 0.1) is 5.41 Å². The number of hydrogen-bond acceptors (Lipinski definition) is 4. The zero-order chi connectivity index (χ0) is 23.9. The van der Waals surface area contributed by atoms with Gasteiger partial charge in [-0.1, -0.05) is 33.3 Å². The lowest BCUT2D eigenvalue weighted by molar-refractivity contribution is -0.140. The maximum Gasteiger partial charge on any atom is 0.249 e. The highest BCUT2D eigenvalue weighted by molar-refractivity contribution is 5.93. The van der Waals surface area contributed by atoms with Gasteiger partial charge in [-0.2, -0.15) is 0 Å². The molecule has 2 heterocycles. The zero-order valence-electron chi connectivity index (χ0n) is 21.1. The molecule has 2 aliphatic heterocycles. The Balaban J connectivity index is 1.94. The molecule has 1 N–H and O–H groups in total. The molecule has 2 aliphatic rings. The lowest BCUT2D eigenvalue weighted by Crippen LogP contribution is -2.58. The van der Waals surface area contributed by atoms with E-state index in [2.05, 4.69) is 10.2 Å². The molecule has 0 aromatic heterocycles. The van der Waals surface area contributed by atoms with Crippen LogP contribution >= 0.6 is 0 Å². The number of nitrogens with one attached hydrogen (secondary N) is 1. The third kappa shape index (κ3) is 7.32. The van der Waals surface area contributed by atoms with Gasteiger partial charge in [-0.25, -0.2) is 0 Å². The number of likely N-dealkylation sites (tertiary alicyclic amines) is 2. The summed E-state index contributed by atoms with van der Waals surface area (Å²) in [4.78, 5) is 44.5. The molecule has 7 nitrogen and oxygen atoms in total. The Morgan fingerprint density at radius 2 is 1.69 bits per heavy atom. The van der Waals surface area contributed by atoms with Crippen LogP contribution in [0.2, 0.25) is 0 Å². The van der Waals surface area contributed by atoms with Gasteiger partial charge in [-0.15, -0.1) is 0 Å². The van der Waals surface area contributed by atoms with E-state index in [0.717, 1.165) is 57.3 Å². The Labute approximate surface area is 194 Å². The van der Waals surface area contributed by atoms with Gasteiger partial charge < -0.3 is 15.1 Å². The van der Waals surface area contributed by atoms with E-state index in [9.17, 15) is 14.4 Å². The van der Waals surface area contributed by atoms with Crippen LogP contribution in [-0.2, 0) is 14.4 Å². The number of piperidine rings is 2. The van der Waals surface area contributed by atoms with E-state index in [1.807, 2.05) is 45.7 Å². The lowest BCUT2D eigenvalue weighted by Gasteiger charge is -2.37. The van der Waals surface area contributed by atoms with E-state index in [1.54, 1.807) is 11.9 Å². The van der Waals surface area contributed by atoms with Gasteiger partial charge in [0.15, 0.2) is 0 Å². The highest BCUT2D eigenvalue weighted by Gasteiger charge is 2.37. The topological polar surface area (TPSA) is 73.0 Å². The molecule has 0 aliphatic carbocycles. The Morgan fingerprint density at radius 3 is 2.28 bits per heavy atom. The molecule has 0 spiro atoms. The predicted octanol–water partition coefficient (Wildman–Crippen LogP) is 2.81. The maximum atomic E-state index is 13.2. The first kappa shape index (κ1) is 26.4. The van der Waals surface area contributed by atoms with Gasteiger partial charge in [-0.3, -0.25) is 19.3 Å². The molecular formula is C25H44N4O3. The molecule has 2 atom stereocenters. The summed E-state index contributed by atoms with van der Waals surface area (Å²) in [5, 5.41) is 3.05. The second-order valence-electron chi connectivity index (χ2n) is 10.6. The van der Waals surface area contributed by atoms with E-state index in [1.165, 1.54) is 6.42 Å². The summed E-state index contributed by atoms with van der Waals surface area (Å²) in [5.74, 6) is -0.0374. The monoisotopic (exact) mass is 448 g/mol. The Bertz CT molecular complexity index is 692. The van der Waals surface area contributed by atoms with Crippen LogP contribution in [0.3, 0.4) is 0 Å². The number of carbonyl (C=O) groups is 3. The molecule has 2 unspecified atom stereocenters. The number of carbonyl (C=O) groups excluding carboxylic acids is 3. The van der Waals surface area contributed by atoms with E-state index < -0.39 is 11.5 Å². The van der Waals surface area contributed by atoms with Crippen molar-refractivity contribution in [3.63, 3.8) is 0 Å². The fourth-order valence-electron chi connectivity index (χ4n) is 4.53. The number of rotatable bonds is 7. The molecule has 0 aromatic rings. The first-order valence-corrected chi connectivity index (χ1v) is 12.2. The predicted molar refractivity (Wildman–Crippen MR) is 128 cm³/mol. The van der Waals surface area contributed by atoms with Crippen molar-refractivity contribution in [2.45, 2.75) is 84.7 Å². The largest absolute Gasteiger partial charge is 0.344 e. The van der Waals surface area contributed by atoms with Crippen LogP contribution < -0.4 is 5.32 Å². The average molecular weight is 449 g/mol. The number of hydrogen-bond donors (Lipinski definition) is 1. The Kier molecular flexibility index (Phi) is 9.74. The van der Waals surface area contributed by atoms with Crippen molar-refractivity contribution in [3.05, 3.63) is 11.6 Å². The maximum absolute atomic E-state index is 13.2. The summed E-state index contributed by atoms with van der Waals surface area (Å²) in [6.07, 6.45) is 8.88. The minimum absolute atomic E-state index is 0.0586. The van der Waals surface area contributed by atoms with Crippen LogP contribution in [0.5, 0.6) is 0 Å². The van der Waals surface area contributed by atoms with E-state index >= 15 is 0 Å². The van der Waals surface area contributed by atoms with Crippen LogP contribution in [-0.4, -0.2) is 84.8 Å². The summed E-state index contributed by atoms with van der Waals surface area (Å²) in [5.41, 5.74) is 0.346. The number of nitrogens with zero attached hydrogens (tertiary/aromatic N) is 3. The van der Waals surface area contributed by atoms with Gasteiger partial charge in [0.2, 0.25) is 17.7 Å². The molecule has 0 bridgehead atoms. The molecule has 182 valence electrons. The fourth-order valence-corrected chi connectivity index (χ4v) is 4.53. The minimum atomic E-state index is -0.588. The van der Waals surface area contributed by atoms with Crippen LogP contribution in [0.4, 0.5) is 0 Å². The SMILES string of the molecule is C/C(=C\CCN(C)C(=O)C(NC(=O)C1CCCCN1C)C(C)(C)C)C(=O)N1CCCCC1. The summed E-state index contributed by atoms with van der Waals surface area (Å²) < 4.78 is 0. The molecule has 3 amide bonds. The first-order chi connectivity index (χ1) is 15.0. The van der Waals surface area contributed by atoms with Crippen molar-refractivity contribution in [3.8, 4) is 0 Å². The van der Waals surface area contributed by atoms with E-state index in [0.29, 0.717) is 13.0 Å². The smallest absolute Gasteiger partial charge is 0.249 e. The van der Waals surface area contributed by atoms with Gasteiger partial charge >= 0.3 is 0 Å². The molecule has 7 heteroatoms. The molecule has 2 rings (SSSR count). The van der Waals surface area contributed by atoms with Crippen molar-refractivity contribution in [2.75, 3.05) is 40.3 Å². The summed E-state index contributed by atoms with van der Waals surface area (Å²) in [6, 6.07) is -0.756. The highest BCUT2D eigenvalue weighted by Crippen LogP contribution is 2.23. The number of likely N-dealkylation sites (N-methyl/N-ethyl adjacent to an activating group) is 2. The van der Waals surface area contributed by atoms with Crippen LogP contribution in [0.25, 0.3) is 0 Å². The number of amides is 3. The van der Waals surface area contributed by atoms with Gasteiger partial charge in [0.1, 0.15) is 6.04 Å². The third-order valence-corrected chi connectivity index (χ3v) is 6.74. The average Bonchev–Trinajstić information content (AvgIpc) is 2.76. The molecule has 0 radical (unpaired) electrons. The van der Waals surface area contributed by atoms with Gasteiger partial charge in [0, 0.05) is 32.3 Å². The Hall–Kier alpha value is -1.89. The highest BCUT2D eigenvalue weighted by atomic mass is 16.2. The summed E-state index contributed by atoms with van der Waals surface area (Å²) in [7, 11) is 3.75. The van der Waals surface area contributed by atoms with Crippen molar-refractivity contribution in [1.82, 2.24) is 20.0 Å². The first-order valence-electron chi connectivity index (χ1n) is 12.2. The van der Waals surface area contributed by atoms with Crippen molar-refractivity contribution < 1.29 is 14.4 Å². The fraction of sp³-hybridized carbons (Fsp3) is 0.800. The zero-order valence-corrected chi connectivity index (χ0v) is 21.1. The molecule has 32 heavy (non-hydrogen) atoms. The van der Waals surface area contributed by atoms with Crippen molar-refractivity contribution in [2.24, 2.45) is 5.41 Å².